The number of aromatic nitrogens is 1. The smallest absolute Gasteiger partial charge is 0.183 e. The highest BCUT2D eigenvalue weighted by Gasteiger charge is 2.15. The van der Waals surface area contributed by atoms with Crippen LogP contribution in [0.1, 0.15) is 17.7 Å². The molecule has 0 bridgehead atoms. The summed E-state index contributed by atoms with van der Waals surface area (Å²) in [5.74, 6) is 0. The largest absolute Gasteiger partial charge is 0.376 e. The van der Waals surface area contributed by atoms with Crippen LogP contribution in [0.4, 0.5) is 5.13 Å². The van der Waals surface area contributed by atoms with Gasteiger partial charge < -0.3 is 10.1 Å². The zero-order valence-electron chi connectivity index (χ0n) is 10.3. The second kappa shape index (κ2) is 5.38. The maximum absolute atomic E-state index is 5.59. The lowest BCUT2D eigenvalue weighted by Gasteiger charge is -2.08. The van der Waals surface area contributed by atoms with Gasteiger partial charge in [0.2, 0.25) is 0 Å². The first-order chi connectivity index (χ1) is 8.81. The molecule has 0 saturated carbocycles. The molecule has 3 rings (SSSR count). The number of nitrogens with one attached hydrogen (secondary N) is 1. The van der Waals surface area contributed by atoms with Crippen LogP contribution in [0.3, 0.4) is 0 Å². The van der Waals surface area contributed by atoms with Gasteiger partial charge in [0.1, 0.15) is 0 Å². The normalized spacial score (nSPS) is 19.3. The molecular weight excluding hydrogens is 264 g/mol. The molecule has 1 N–H and O–H groups in total. The summed E-state index contributed by atoms with van der Waals surface area (Å²) in [6, 6.07) is 4.28. The molecule has 96 valence electrons. The first-order valence-electron chi connectivity index (χ1n) is 6.19. The van der Waals surface area contributed by atoms with Crippen molar-refractivity contribution in [2.45, 2.75) is 25.9 Å². The third kappa shape index (κ3) is 2.74. The predicted octanol–water partition coefficient (Wildman–Crippen LogP) is 3.77. The Hall–Kier alpha value is -0.910. The van der Waals surface area contributed by atoms with Crippen molar-refractivity contribution >= 4 is 27.8 Å². The van der Waals surface area contributed by atoms with E-state index in [1.54, 1.807) is 22.7 Å². The number of rotatable bonds is 4. The highest BCUT2D eigenvalue weighted by molar-refractivity contribution is 7.16. The summed E-state index contributed by atoms with van der Waals surface area (Å²) in [5.41, 5.74) is 1.08. The Morgan fingerprint density at radius 3 is 3.17 bits per heavy atom. The molecule has 5 heteroatoms. The van der Waals surface area contributed by atoms with Crippen LogP contribution < -0.4 is 5.32 Å². The van der Waals surface area contributed by atoms with E-state index in [-0.39, 0.29) is 0 Å². The summed E-state index contributed by atoms with van der Waals surface area (Å²) < 4.78 is 5.59. The number of hydrogen-bond acceptors (Lipinski definition) is 5. The first kappa shape index (κ1) is 12.1. The van der Waals surface area contributed by atoms with Gasteiger partial charge in [-0.05, 0) is 31.9 Å². The number of aryl methyl sites for hydroxylation is 1. The SMILES string of the molecule is Cc1ccc(-c2csc(NCC3CCCO3)n2)s1. The molecule has 2 aromatic heterocycles. The van der Waals surface area contributed by atoms with E-state index in [0.717, 1.165) is 30.4 Å². The van der Waals surface area contributed by atoms with E-state index < -0.39 is 0 Å². The summed E-state index contributed by atoms with van der Waals surface area (Å²) in [6.45, 7) is 3.90. The van der Waals surface area contributed by atoms with Crippen molar-refractivity contribution in [3.63, 3.8) is 0 Å². The number of anilines is 1. The standard InChI is InChI=1S/C13H16N2OS2/c1-9-4-5-12(18-9)11-8-17-13(15-11)14-7-10-3-2-6-16-10/h4-5,8,10H,2-3,6-7H2,1H3,(H,14,15). The van der Waals surface area contributed by atoms with Gasteiger partial charge in [-0.15, -0.1) is 22.7 Å². The Kier molecular flexibility index (Phi) is 3.63. The van der Waals surface area contributed by atoms with E-state index >= 15 is 0 Å². The van der Waals surface area contributed by atoms with Crippen LogP contribution in [-0.2, 0) is 4.74 Å². The molecule has 0 spiro atoms. The van der Waals surface area contributed by atoms with Crippen LogP contribution in [0.2, 0.25) is 0 Å². The van der Waals surface area contributed by atoms with Crippen LogP contribution >= 0.6 is 22.7 Å². The van der Waals surface area contributed by atoms with E-state index in [1.165, 1.54) is 16.2 Å². The van der Waals surface area contributed by atoms with Crippen LogP contribution in [-0.4, -0.2) is 24.2 Å². The van der Waals surface area contributed by atoms with Gasteiger partial charge in [-0.1, -0.05) is 0 Å². The fourth-order valence-corrected chi connectivity index (χ4v) is 3.67. The van der Waals surface area contributed by atoms with Gasteiger partial charge in [-0.2, -0.15) is 0 Å². The zero-order valence-corrected chi connectivity index (χ0v) is 11.9. The number of thiazole rings is 1. The molecule has 0 amide bonds. The predicted molar refractivity (Wildman–Crippen MR) is 77.6 cm³/mol. The molecule has 0 aliphatic carbocycles. The Morgan fingerprint density at radius 1 is 1.50 bits per heavy atom. The molecule has 0 radical (unpaired) electrons. The Bertz CT molecular complexity index is 515. The van der Waals surface area contributed by atoms with Gasteiger partial charge in [0.05, 0.1) is 16.7 Å². The van der Waals surface area contributed by atoms with Gasteiger partial charge >= 0.3 is 0 Å². The summed E-state index contributed by atoms with van der Waals surface area (Å²) in [4.78, 5) is 7.19. The van der Waals surface area contributed by atoms with E-state index in [2.05, 4.69) is 34.7 Å². The molecule has 3 heterocycles. The van der Waals surface area contributed by atoms with Crippen molar-refractivity contribution in [3.05, 3.63) is 22.4 Å². The molecule has 1 fully saturated rings. The molecule has 1 aliphatic rings. The minimum atomic E-state index is 0.362. The molecule has 1 saturated heterocycles. The molecule has 3 nitrogen and oxygen atoms in total. The highest BCUT2D eigenvalue weighted by Crippen LogP contribution is 2.30. The molecule has 1 aliphatic heterocycles. The van der Waals surface area contributed by atoms with E-state index in [9.17, 15) is 0 Å². The quantitative estimate of drug-likeness (QED) is 0.925. The second-order valence-corrected chi connectivity index (χ2v) is 6.61. The van der Waals surface area contributed by atoms with E-state index in [4.69, 9.17) is 4.74 Å². The third-order valence-corrected chi connectivity index (χ3v) is 4.83. The Labute approximate surface area is 115 Å². The van der Waals surface area contributed by atoms with Crippen molar-refractivity contribution < 1.29 is 4.74 Å². The zero-order chi connectivity index (χ0) is 12.4. The van der Waals surface area contributed by atoms with Crippen molar-refractivity contribution in [2.75, 3.05) is 18.5 Å². The average Bonchev–Trinajstić information content (AvgIpc) is 3.07. The number of ether oxygens (including phenoxy) is 1. The van der Waals surface area contributed by atoms with Gasteiger partial charge in [-0.25, -0.2) is 4.98 Å². The fraction of sp³-hybridized carbons (Fsp3) is 0.462. The topological polar surface area (TPSA) is 34.1 Å². The van der Waals surface area contributed by atoms with Gasteiger partial charge in [0.15, 0.2) is 5.13 Å². The van der Waals surface area contributed by atoms with Crippen molar-refractivity contribution in [3.8, 4) is 10.6 Å². The van der Waals surface area contributed by atoms with E-state index in [1.807, 2.05) is 0 Å². The van der Waals surface area contributed by atoms with E-state index in [0.29, 0.717) is 6.10 Å². The molecule has 1 unspecified atom stereocenters. The number of hydrogen-bond donors (Lipinski definition) is 1. The molecule has 2 aromatic rings. The Balaban J connectivity index is 1.62. The minimum Gasteiger partial charge on any atom is -0.376 e. The summed E-state index contributed by atoms with van der Waals surface area (Å²) in [7, 11) is 0. The maximum Gasteiger partial charge on any atom is 0.183 e. The average molecular weight is 280 g/mol. The Morgan fingerprint density at radius 2 is 2.44 bits per heavy atom. The van der Waals surface area contributed by atoms with Crippen molar-refractivity contribution in [1.29, 1.82) is 0 Å². The summed E-state index contributed by atoms with van der Waals surface area (Å²) >= 11 is 3.46. The summed E-state index contributed by atoms with van der Waals surface area (Å²) in [5, 5.41) is 6.48. The minimum absolute atomic E-state index is 0.362. The molecular formula is C13H16N2OS2. The first-order valence-corrected chi connectivity index (χ1v) is 7.89. The van der Waals surface area contributed by atoms with Crippen LogP contribution in [0.25, 0.3) is 10.6 Å². The highest BCUT2D eigenvalue weighted by atomic mass is 32.1. The lowest BCUT2D eigenvalue weighted by Crippen LogP contribution is -2.18. The summed E-state index contributed by atoms with van der Waals surface area (Å²) in [6.07, 6.45) is 2.71. The maximum atomic E-state index is 5.59. The lowest BCUT2D eigenvalue weighted by atomic mass is 10.2. The van der Waals surface area contributed by atoms with Crippen molar-refractivity contribution in [2.24, 2.45) is 0 Å². The van der Waals surface area contributed by atoms with Crippen LogP contribution in [0.15, 0.2) is 17.5 Å². The molecule has 0 aromatic carbocycles. The van der Waals surface area contributed by atoms with Crippen LogP contribution in [0.5, 0.6) is 0 Å². The number of nitrogens with zero attached hydrogens (tertiary/aromatic N) is 1. The fourth-order valence-electron chi connectivity index (χ4n) is 2.05. The third-order valence-electron chi connectivity index (χ3n) is 3.00. The lowest BCUT2D eigenvalue weighted by molar-refractivity contribution is 0.120. The van der Waals surface area contributed by atoms with Gasteiger partial charge in [0.25, 0.3) is 0 Å². The van der Waals surface area contributed by atoms with Gasteiger partial charge in [0, 0.05) is 23.4 Å². The van der Waals surface area contributed by atoms with Crippen molar-refractivity contribution in [1.82, 2.24) is 4.98 Å². The molecule has 1 atom stereocenters. The van der Waals surface area contributed by atoms with Crippen LogP contribution in [0, 0.1) is 6.92 Å². The second-order valence-electron chi connectivity index (χ2n) is 4.46. The van der Waals surface area contributed by atoms with Gasteiger partial charge in [-0.3, -0.25) is 0 Å². The number of thiophene rings is 1. The monoisotopic (exact) mass is 280 g/mol. The molecule has 18 heavy (non-hydrogen) atoms.